The Balaban J connectivity index is 1.75. The van der Waals surface area contributed by atoms with Gasteiger partial charge in [-0.1, -0.05) is 35.4 Å². The Labute approximate surface area is 136 Å². The Kier molecular flexibility index (Phi) is 3.41. The third-order valence-corrected chi connectivity index (χ3v) is 6.42. The standard InChI is InChI=1S/C18H23N3O2/c1-23-17-8-12-7-14(10-17)15(18(22,9-12)11-17)16(20-21-19)13-5-3-2-4-6-13/h2-6,12,14-16,22H,7-11H2,1H3/t12-,14-,15?,16-,17-,18-/m0/s1. The zero-order chi connectivity index (χ0) is 16.1. The summed E-state index contributed by atoms with van der Waals surface area (Å²) in [5.41, 5.74) is 9.13. The number of aliphatic hydroxyl groups is 1. The first-order valence-electron chi connectivity index (χ1n) is 8.46. The molecule has 0 radical (unpaired) electrons. The number of nitrogens with zero attached hydrogens (tertiary/aromatic N) is 3. The van der Waals surface area contributed by atoms with Crippen molar-refractivity contribution in [2.45, 2.75) is 49.3 Å². The molecule has 0 aromatic heterocycles. The Morgan fingerprint density at radius 3 is 2.74 bits per heavy atom. The second-order valence-corrected chi connectivity index (χ2v) is 7.73. The van der Waals surface area contributed by atoms with E-state index in [1.54, 1.807) is 7.11 Å². The van der Waals surface area contributed by atoms with Crippen LogP contribution in [-0.2, 0) is 4.74 Å². The summed E-state index contributed by atoms with van der Waals surface area (Å²) in [4.78, 5) is 3.10. The average molecular weight is 313 g/mol. The van der Waals surface area contributed by atoms with Gasteiger partial charge < -0.3 is 9.84 Å². The van der Waals surface area contributed by atoms with Crippen LogP contribution in [0.3, 0.4) is 0 Å². The SMILES string of the molecule is CO[C@@]12C[C@@H]3C[C@@H](C1)C([C@@H](N=[N+]=[N-])c1ccccc1)[C@](O)(C3)C2. The monoisotopic (exact) mass is 313 g/mol. The summed E-state index contributed by atoms with van der Waals surface area (Å²) in [7, 11) is 1.77. The molecule has 1 N–H and O–H groups in total. The van der Waals surface area contributed by atoms with Crippen molar-refractivity contribution in [1.29, 1.82) is 0 Å². The van der Waals surface area contributed by atoms with Gasteiger partial charge in [-0.05, 0) is 48.6 Å². The van der Waals surface area contributed by atoms with Gasteiger partial charge in [0.15, 0.2) is 0 Å². The minimum atomic E-state index is -0.783. The molecule has 5 nitrogen and oxygen atoms in total. The molecule has 1 aromatic carbocycles. The van der Waals surface area contributed by atoms with Crippen LogP contribution in [0.15, 0.2) is 35.4 Å². The van der Waals surface area contributed by atoms with Crippen LogP contribution < -0.4 is 0 Å². The van der Waals surface area contributed by atoms with Crippen molar-refractivity contribution in [3.05, 3.63) is 46.3 Å². The maximum Gasteiger partial charge on any atom is 0.0715 e. The van der Waals surface area contributed by atoms with Gasteiger partial charge in [-0.2, -0.15) is 0 Å². The number of hydrogen-bond donors (Lipinski definition) is 1. The summed E-state index contributed by atoms with van der Waals surface area (Å²) in [5, 5.41) is 15.6. The molecule has 0 saturated heterocycles. The van der Waals surface area contributed by atoms with E-state index in [1.165, 1.54) is 0 Å². The van der Waals surface area contributed by atoms with E-state index in [9.17, 15) is 5.11 Å². The summed E-state index contributed by atoms with van der Waals surface area (Å²) in [5.74, 6) is 0.878. The van der Waals surface area contributed by atoms with E-state index in [0.717, 1.165) is 31.2 Å². The molecule has 4 saturated carbocycles. The largest absolute Gasteiger partial charge is 0.389 e. The molecule has 1 unspecified atom stereocenters. The predicted molar refractivity (Wildman–Crippen MR) is 86.6 cm³/mol. The Morgan fingerprint density at radius 2 is 2.09 bits per heavy atom. The lowest BCUT2D eigenvalue weighted by molar-refractivity contribution is -0.244. The normalized spacial score (nSPS) is 42.3. The van der Waals surface area contributed by atoms with Crippen molar-refractivity contribution in [2.75, 3.05) is 7.11 Å². The van der Waals surface area contributed by atoms with E-state index in [2.05, 4.69) is 10.0 Å². The zero-order valence-electron chi connectivity index (χ0n) is 13.4. The second kappa shape index (κ2) is 5.23. The third kappa shape index (κ3) is 2.26. The molecule has 6 atom stereocenters. The fourth-order valence-electron chi connectivity index (χ4n) is 5.92. The quantitative estimate of drug-likeness (QED) is 0.518. The van der Waals surface area contributed by atoms with E-state index < -0.39 is 5.60 Å². The van der Waals surface area contributed by atoms with Gasteiger partial charge in [0.05, 0.1) is 17.2 Å². The van der Waals surface area contributed by atoms with E-state index in [0.29, 0.717) is 18.3 Å². The second-order valence-electron chi connectivity index (χ2n) is 7.73. The van der Waals surface area contributed by atoms with Gasteiger partial charge in [0.1, 0.15) is 0 Å². The predicted octanol–water partition coefficient (Wildman–Crippen LogP) is 3.99. The highest BCUT2D eigenvalue weighted by Crippen LogP contribution is 2.64. The molecule has 0 aliphatic heterocycles. The fourth-order valence-corrected chi connectivity index (χ4v) is 5.92. The van der Waals surface area contributed by atoms with Crippen molar-refractivity contribution >= 4 is 0 Å². The smallest absolute Gasteiger partial charge is 0.0715 e. The molecule has 23 heavy (non-hydrogen) atoms. The highest BCUT2D eigenvalue weighted by molar-refractivity contribution is 5.25. The summed E-state index contributed by atoms with van der Waals surface area (Å²) >= 11 is 0. The molecule has 1 aromatic rings. The van der Waals surface area contributed by atoms with Crippen molar-refractivity contribution in [3.8, 4) is 0 Å². The summed E-state index contributed by atoms with van der Waals surface area (Å²) in [6.45, 7) is 0. The van der Waals surface area contributed by atoms with Crippen LogP contribution >= 0.6 is 0 Å². The molecule has 4 aliphatic carbocycles. The lowest BCUT2D eigenvalue weighted by Crippen LogP contribution is -2.65. The Morgan fingerprint density at radius 1 is 1.30 bits per heavy atom. The van der Waals surface area contributed by atoms with Crippen molar-refractivity contribution in [3.63, 3.8) is 0 Å². The highest BCUT2D eigenvalue weighted by Gasteiger charge is 2.63. The van der Waals surface area contributed by atoms with Gasteiger partial charge in [0.25, 0.3) is 0 Å². The van der Waals surface area contributed by atoms with Crippen molar-refractivity contribution in [1.82, 2.24) is 0 Å². The van der Waals surface area contributed by atoms with Crippen LogP contribution in [0.1, 0.15) is 43.7 Å². The molecule has 122 valence electrons. The van der Waals surface area contributed by atoms with Crippen LogP contribution in [-0.4, -0.2) is 23.4 Å². The lowest BCUT2D eigenvalue weighted by atomic mass is 9.46. The molecule has 0 spiro atoms. The molecule has 5 rings (SSSR count). The number of rotatable bonds is 4. The fraction of sp³-hybridized carbons (Fsp3) is 0.667. The topological polar surface area (TPSA) is 78.2 Å². The molecule has 0 amide bonds. The van der Waals surface area contributed by atoms with Gasteiger partial charge in [0.2, 0.25) is 0 Å². The third-order valence-electron chi connectivity index (χ3n) is 6.42. The minimum Gasteiger partial charge on any atom is -0.389 e. The van der Waals surface area contributed by atoms with Gasteiger partial charge in [0, 0.05) is 24.4 Å². The van der Waals surface area contributed by atoms with Gasteiger partial charge >= 0.3 is 0 Å². The van der Waals surface area contributed by atoms with Gasteiger partial charge in [-0.15, -0.1) is 0 Å². The Hall–Kier alpha value is -1.55. The minimum absolute atomic E-state index is 0.0133. The number of hydrogen-bond acceptors (Lipinski definition) is 3. The molecule has 5 heteroatoms. The van der Waals surface area contributed by atoms with Crippen molar-refractivity contribution < 1.29 is 9.84 Å². The number of benzene rings is 1. The van der Waals surface area contributed by atoms with Crippen LogP contribution in [0.25, 0.3) is 10.4 Å². The lowest BCUT2D eigenvalue weighted by Gasteiger charge is -2.64. The highest BCUT2D eigenvalue weighted by atomic mass is 16.5. The van der Waals surface area contributed by atoms with E-state index in [1.807, 2.05) is 30.3 Å². The van der Waals surface area contributed by atoms with E-state index in [-0.39, 0.29) is 17.6 Å². The molecule has 4 bridgehead atoms. The number of methoxy groups -OCH3 is 1. The maximum atomic E-state index is 11.5. The number of ether oxygens (including phenoxy) is 1. The van der Waals surface area contributed by atoms with Crippen LogP contribution in [0.2, 0.25) is 0 Å². The van der Waals surface area contributed by atoms with Crippen molar-refractivity contribution in [2.24, 2.45) is 22.9 Å². The molecular formula is C18H23N3O2. The van der Waals surface area contributed by atoms with Crippen LogP contribution in [0.5, 0.6) is 0 Å². The molecular weight excluding hydrogens is 290 g/mol. The molecule has 4 aliphatic rings. The van der Waals surface area contributed by atoms with E-state index >= 15 is 0 Å². The Bertz CT molecular complexity index is 645. The average Bonchev–Trinajstić information content (AvgIpc) is 2.53. The summed E-state index contributed by atoms with van der Waals surface area (Å²) in [6.07, 6.45) is 4.62. The molecule has 4 fully saturated rings. The summed E-state index contributed by atoms with van der Waals surface area (Å²) < 4.78 is 5.85. The first-order valence-corrected chi connectivity index (χ1v) is 8.46. The number of azide groups is 1. The maximum absolute atomic E-state index is 11.5. The first kappa shape index (κ1) is 15.0. The van der Waals surface area contributed by atoms with Crippen LogP contribution in [0, 0.1) is 17.8 Å². The van der Waals surface area contributed by atoms with E-state index in [4.69, 9.17) is 10.3 Å². The van der Waals surface area contributed by atoms with Crippen LogP contribution in [0.4, 0.5) is 0 Å². The first-order chi connectivity index (χ1) is 11.1. The molecule has 0 heterocycles. The summed E-state index contributed by atoms with van der Waals surface area (Å²) in [6, 6.07) is 9.59. The zero-order valence-corrected chi connectivity index (χ0v) is 13.4. The van der Waals surface area contributed by atoms with Gasteiger partial charge in [-0.3, -0.25) is 0 Å². The van der Waals surface area contributed by atoms with Gasteiger partial charge in [-0.25, -0.2) is 0 Å².